The zero-order valence-electron chi connectivity index (χ0n) is 10.00. The Hall–Kier alpha value is -0.160. The van der Waals surface area contributed by atoms with E-state index in [1.807, 2.05) is 0 Å². The van der Waals surface area contributed by atoms with Crippen molar-refractivity contribution in [1.29, 1.82) is 0 Å². The van der Waals surface area contributed by atoms with E-state index in [2.05, 4.69) is 65.4 Å². The smallest absolute Gasteiger partial charge is 0.0970 e. The average molecular weight is 268 g/mol. The van der Waals surface area contributed by atoms with Gasteiger partial charge in [-0.15, -0.1) is 25.3 Å². The van der Waals surface area contributed by atoms with Crippen LogP contribution >= 0.6 is 25.3 Å². The van der Waals surface area contributed by atoms with Crippen molar-refractivity contribution >= 4 is 25.3 Å². The molecule has 1 saturated heterocycles. The maximum atomic E-state index is 4.35. The lowest BCUT2D eigenvalue weighted by molar-refractivity contribution is 0.144. The summed E-state index contributed by atoms with van der Waals surface area (Å²) in [5.41, 5.74) is 1.43. The van der Waals surface area contributed by atoms with Crippen molar-refractivity contribution in [2.75, 3.05) is 32.7 Å². The summed E-state index contributed by atoms with van der Waals surface area (Å²) in [6.07, 6.45) is 1.14. The third-order valence-corrected chi connectivity index (χ3v) is 3.95. The van der Waals surface area contributed by atoms with Crippen LogP contribution in [0, 0.1) is 0 Å². The van der Waals surface area contributed by atoms with Gasteiger partial charge in [0.05, 0.1) is 4.71 Å². The molecule has 4 heteroatoms. The minimum absolute atomic E-state index is 0.0891. The van der Waals surface area contributed by atoms with Crippen LogP contribution in [0.1, 0.15) is 5.56 Å². The Bertz CT molecular complexity index is 321. The summed E-state index contributed by atoms with van der Waals surface area (Å²) in [6.45, 7) is 5.56. The maximum Gasteiger partial charge on any atom is 0.0970 e. The van der Waals surface area contributed by atoms with Crippen molar-refractivity contribution in [2.45, 2.75) is 11.1 Å². The molecular formula is C13H20N2S2. The van der Waals surface area contributed by atoms with Gasteiger partial charge in [0, 0.05) is 32.7 Å². The minimum atomic E-state index is 0.0891. The molecule has 0 unspecified atom stereocenters. The second-order valence-electron chi connectivity index (χ2n) is 4.46. The number of nitrogens with zero attached hydrogens (tertiary/aromatic N) is 2. The topological polar surface area (TPSA) is 6.48 Å². The number of piperazine rings is 1. The first-order valence-corrected chi connectivity index (χ1v) is 7.15. The minimum Gasteiger partial charge on any atom is -0.300 e. The van der Waals surface area contributed by atoms with Crippen LogP contribution in [0.25, 0.3) is 0 Å². The first-order valence-electron chi connectivity index (χ1n) is 6.12. The Morgan fingerprint density at radius 1 is 1.00 bits per heavy atom. The van der Waals surface area contributed by atoms with Gasteiger partial charge in [-0.25, -0.2) is 0 Å². The van der Waals surface area contributed by atoms with E-state index in [4.69, 9.17) is 0 Å². The molecule has 0 aromatic heterocycles. The fourth-order valence-corrected chi connectivity index (χ4v) is 2.61. The van der Waals surface area contributed by atoms with Crippen LogP contribution in [0.2, 0.25) is 0 Å². The lowest BCUT2D eigenvalue weighted by atomic mass is 10.1. The zero-order valence-corrected chi connectivity index (χ0v) is 11.8. The molecule has 0 spiro atoms. The Morgan fingerprint density at radius 3 is 2.24 bits per heavy atom. The number of thiol groups is 2. The Labute approximate surface area is 115 Å². The van der Waals surface area contributed by atoms with E-state index >= 15 is 0 Å². The molecule has 2 nitrogen and oxygen atoms in total. The highest BCUT2D eigenvalue weighted by atomic mass is 32.2. The molecule has 1 fully saturated rings. The molecule has 94 valence electrons. The van der Waals surface area contributed by atoms with E-state index < -0.39 is 0 Å². The molecule has 0 aliphatic carbocycles. The summed E-state index contributed by atoms with van der Waals surface area (Å²) >= 11 is 8.70. The van der Waals surface area contributed by atoms with Crippen molar-refractivity contribution in [3.05, 3.63) is 35.9 Å². The Balaban J connectivity index is 1.72. The molecule has 1 heterocycles. The highest BCUT2D eigenvalue weighted by molar-refractivity contribution is 7.99. The largest absolute Gasteiger partial charge is 0.300 e. The van der Waals surface area contributed by atoms with Gasteiger partial charge in [0.25, 0.3) is 0 Å². The van der Waals surface area contributed by atoms with Crippen molar-refractivity contribution < 1.29 is 0 Å². The van der Waals surface area contributed by atoms with Crippen LogP contribution in [0.5, 0.6) is 0 Å². The molecule has 0 bridgehead atoms. The van der Waals surface area contributed by atoms with Crippen molar-refractivity contribution in [2.24, 2.45) is 0 Å². The molecular weight excluding hydrogens is 248 g/mol. The molecule has 0 N–H and O–H groups in total. The summed E-state index contributed by atoms with van der Waals surface area (Å²) in [7, 11) is 0. The van der Waals surface area contributed by atoms with Crippen LogP contribution in [0.4, 0.5) is 0 Å². The molecule has 0 saturated carbocycles. The molecule has 1 aliphatic rings. The predicted molar refractivity (Wildman–Crippen MR) is 79.9 cm³/mol. The number of benzene rings is 1. The second-order valence-corrected chi connectivity index (χ2v) is 5.85. The quantitative estimate of drug-likeness (QED) is 0.637. The van der Waals surface area contributed by atoms with Gasteiger partial charge in [-0.1, -0.05) is 30.3 Å². The highest BCUT2D eigenvalue weighted by Crippen LogP contribution is 2.12. The molecule has 0 atom stereocenters. The van der Waals surface area contributed by atoms with E-state index in [-0.39, 0.29) is 4.71 Å². The van der Waals surface area contributed by atoms with E-state index in [0.29, 0.717) is 0 Å². The number of hydrogen-bond donors (Lipinski definition) is 2. The SMILES string of the molecule is SC(S)N1CCN(CCc2ccccc2)CC1. The summed E-state index contributed by atoms with van der Waals surface area (Å²) in [6, 6.07) is 10.7. The molecule has 1 aromatic carbocycles. The standard InChI is InChI=1S/C13H20N2S2/c16-13(17)15-10-8-14(9-11-15)7-6-12-4-2-1-3-5-12/h1-5,13,16-17H,6-11H2. The van der Waals surface area contributed by atoms with Crippen molar-refractivity contribution in [3.8, 4) is 0 Å². The number of hydrogen-bond acceptors (Lipinski definition) is 4. The second kappa shape index (κ2) is 6.69. The highest BCUT2D eigenvalue weighted by Gasteiger charge is 2.18. The van der Waals surface area contributed by atoms with E-state index in [1.54, 1.807) is 0 Å². The van der Waals surface area contributed by atoms with E-state index in [0.717, 1.165) is 39.1 Å². The zero-order chi connectivity index (χ0) is 12.1. The molecule has 17 heavy (non-hydrogen) atoms. The summed E-state index contributed by atoms with van der Waals surface area (Å²) in [4.78, 5) is 4.82. The molecule has 0 amide bonds. The van der Waals surface area contributed by atoms with Gasteiger partial charge < -0.3 is 4.90 Å². The monoisotopic (exact) mass is 268 g/mol. The molecule has 1 aliphatic heterocycles. The van der Waals surface area contributed by atoms with E-state index in [9.17, 15) is 0 Å². The average Bonchev–Trinajstić information content (AvgIpc) is 2.38. The summed E-state index contributed by atoms with van der Waals surface area (Å²) < 4.78 is 0.0891. The van der Waals surface area contributed by atoms with Crippen LogP contribution in [-0.4, -0.2) is 47.2 Å². The molecule has 0 radical (unpaired) electrons. The predicted octanol–water partition coefficient (Wildman–Crippen LogP) is 1.99. The Kier molecular flexibility index (Phi) is 5.22. The Morgan fingerprint density at radius 2 is 1.65 bits per heavy atom. The van der Waals surface area contributed by atoms with Gasteiger partial charge in [0.1, 0.15) is 0 Å². The van der Waals surface area contributed by atoms with E-state index in [1.165, 1.54) is 5.56 Å². The van der Waals surface area contributed by atoms with Gasteiger partial charge in [0.15, 0.2) is 0 Å². The van der Waals surface area contributed by atoms with Crippen LogP contribution < -0.4 is 0 Å². The maximum absolute atomic E-state index is 4.35. The molecule has 2 rings (SSSR count). The van der Waals surface area contributed by atoms with Crippen LogP contribution in [0.15, 0.2) is 30.3 Å². The lowest BCUT2D eigenvalue weighted by Gasteiger charge is -2.36. The first kappa shape index (κ1) is 13.3. The van der Waals surface area contributed by atoms with Gasteiger partial charge >= 0.3 is 0 Å². The normalized spacial score (nSPS) is 18.8. The van der Waals surface area contributed by atoms with Crippen molar-refractivity contribution in [1.82, 2.24) is 9.80 Å². The third kappa shape index (κ3) is 4.21. The summed E-state index contributed by atoms with van der Waals surface area (Å²) in [5, 5.41) is 0. The fraction of sp³-hybridized carbons (Fsp3) is 0.538. The van der Waals surface area contributed by atoms with Gasteiger partial charge in [-0.3, -0.25) is 4.90 Å². The third-order valence-electron chi connectivity index (χ3n) is 3.29. The van der Waals surface area contributed by atoms with Crippen molar-refractivity contribution in [3.63, 3.8) is 0 Å². The fourth-order valence-electron chi connectivity index (χ4n) is 2.15. The van der Waals surface area contributed by atoms with Gasteiger partial charge in [-0.2, -0.15) is 0 Å². The molecule has 1 aromatic rings. The summed E-state index contributed by atoms with van der Waals surface area (Å²) in [5.74, 6) is 0. The van der Waals surface area contributed by atoms with Crippen LogP contribution in [-0.2, 0) is 6.42 Å². The van der Waals surface area contributed by atoms with Gasteiger partial charge in [0.2, 0.25) is 0 Å². The van der Waals surface area contributed by atoms with Crippen LogP contribution in [0.3, 0.4) is 0 Å². The first-order chi connectivity index (χ1) is 8.25. The van der Waals surface area contributed by atoms with Gasteiger partial charge in [-0.05, 0) is 12.0 Å². The number of rotatable bonds is 4. The lowest BCUT2D eigenvalue weighted by Crippen LogP contribution is -2.48.